The summed E-state index contributed by atoms with van der Waals surface area (Å²) in [6, 6.07) is 0. The molecular weight excluding hydrogens is 182 g/mol. The van der Waals surface area contributed by atoms with E-state index in [-0.39, 0.29) is 0 Å². The van der Waals surface area contributed by atoms with Crippen molar-refractivity contribution in [3.05, 3.63) is 18.2 Å². The molecule has 0 atom stereocenters. The molecular formula is C9H15N3S. The zero-order valence-electron chi connectivity index (χ0n) is 7.86. The standard InChI is InChI=1S/C9H15N3S/c1-13-9(2-3-9)6-12-7-11-5-8(12)4-10/h5,7H,2-4,6,10H2,1H3. The Hall–Kier alpha value is -0.480. The Kier molecular flexibility index (Phi) is 2.34. The van der Waals surface area contributed by atoms with Gasteiger partial charge in [-0.1, -0.05) is 0 Å². The molecule has 0 aromatic carbocycles. The van der Waals surface area contributed by atoms with E-state index < -0.39 is 0 Å². The Labute approximate surface area is 82.7 Å². The van der Waals surface area contributed by atoms with Gasteiger partial charge in [0.25, 0.3) is 0 Å². The van der Waals surface area contributed by atoms with E-state index in [1.807, 2.05) is 24.3 Å². The highest BCUT2D eigenvalue weighted by molar-refractivity contribution is 8.00. The summed E-state index contributed by atoms with van der Waals surface area (Å²) >= 11 is 1.97. The van der Waals surface area contributed by atoms with Crippen molar-refractivity contribution in [2.24, 2.45) is 5.73 Å². The molecule has 1 aliphatic rings. The van der Waals surface area contributed by atoms with Gasteiger partial charge in [0.2, 0.25) is 0 Å². The molecule has 1 aromatic rings. The molecule has 1 aromatic heterocycles. The Morgan fingerprint density at radius 2 is 2.46 bits per heavy atom. The average molecular weight is 197 g/mol. The molecule has 0 aliphatic heterocycles. The fraction of sp³-hybridized carbons (Fsp3) is 0.667. The van der Waals surface area contributed by atoms with Crippen LogP contribution >= 0.6 is 11.8 Å². The quantitative estimate of drug-likeness (QED) is 0.789. The molecule has 1 fully saturated rings. The summed E-state index contributed by atoms with van der Waals surface area (Å²) in [7, 11) is 0. The minimum Gasteiger partial charge on any atom is -0.332 e. The molecule has 0 radical (unpaired) electrons. The molecule has 1 saturated carbocycles. The lowest BCUT2D eigenvalue weighted by Crippen LogP contribution is -2.16. The summed E-state index contributed by atoms with van der Waals surface area (Å²) in [5.74, 6) is 0. The molecule has 0 bridgehead atoms. The molecule has 72 valence electrons. The number of aromatic nitrogens is 2. The molecule has 3 nitrogen and oxygen atoms in total. The minimum atomic E-state index is 0.491. The fourth-order valence-electron chi connectivity index (χ4n) is 1.54. The van der Waals surface area contributed by atoms with E-state index in [0.717, 1.165) is 12.2 Å². The van der Waals surface area contributed by atoms with Crippen LogP contribution in [-0.4, -0.2) is 20.6 Å². The van der Waals surface area contributed by atoms with Crippen molar-refractivity contribution < 1.29 is 0 Å². The number of nitrogens with two attached hydrogens (primary N) is 1. The lowest BCUT2D eigenvalue weighted by molar-refractivity contribution is 0.631. The third kappa shape index (κ3) is 1.74. The molecule has 4 heteroatoms. The van der Waals surface area contributed by atoms with Crippen LogP contribution in [0.5, 0.6) is 0 Å². The molecule has 13 heavy (non-hydrogen) atoms. The van der Waals surface area contributed by atoms with E-state index in [1.165, 1.54) is 12.8 Å². The van der Waals surface area contributed by atoms with Crippen LogP contribution in [0.25, 0.3) is 0 Å². The smallest absolute Gasteiger partial charge is 0.0949 e. The lowest BCUT2D eigenvalue weighted by Gasteiger charge is -2.14. The van der Waals surface area contributed by atoms with Gasteiger partial charge in [0.05, 0.1) is 12.0 Å². The Morgan fingerprint density at radius 1 is 1.69 bits per heavy atom. The first-order valence-corrected chi connectivity index (χ1v) is 5.76. The van der Waals surface area contributed by atoms with Crippen LogP contribution in [0.15, 0.2) is 12.5 Å². The van der Waals surface area contributed by atoms with Gasteiger partial charge in [-0.2, -0.15) is 11.8 Å². The molecule has 2 N–H and O–H groups in total. The van der Waals surface area contributed by atoms with Crippen LogP contribution in [0.3, 0.4) is 0 Å². The van der Waals surface area contributed by atoms with Gasteiger partial charge in [-0.15, -0.1) is 0 Å². The van der Waals surface area contributed by atoms with Crippen LogP contribution in [0, 0.1) is 0 Å². The van der Waals surface area contributed by atoms with Crippen LogP contribution in [0.1, 0.15) is 18.5 Å². The van der Waals surface area contributed by atoms with Crippen molar-refractivity contribution >= 4 is 11.8 Å². The highest BCUT2D eigenvalue weighted by Gasteiger charge is 2.42. The van der Waals surface area contributed by atoms with E-state index in [2.05, 4.69) is 15.8 Å². The highest BCUT2D eigenvalue weighted by Crippen LogP contribution is 2.48. The number of nitrogens with zero attached hydrogens (tertiary/aromatic N) is 2. The van der Waals surface area contributed by atoms with Crippen LogP contribution < -0.4 is 5.73 Å². The van der Waals surface area contributed by atoms with Gasteiger partial charge in [0.15, 0.2) is 0 Å². The van der Waals surface area contributed by atoms with Crippen molar-refractivity contribution in [3.8, 4) is 0 Å². The van der Waals surface area contributed by atoms with Crippen molar-refractivity contribution in [2.45, 2.75) is 30.7 Å². The maximum absolute atomic E-state index is 5.61. The zero-order valence-corrected chi connectivity index (χ0v) is 8.68. The van der Waals surface area contributed by atoms with Gasteiger partial charge < -0.3 is 10.3 Å². The molecule has 0 unspecified atom stereocenters. The largest absolute Gasteiger partial charge is 0.332 e. The van der Waals surface area contributed by atoms with Crippen LogP contribution in [-0.2, 0) is 13.1 Å². The van der Waals surface area contributed by atoms with Crippen LogP contribution in [0.2, 0.25) is 0 Å². The third-order valence-corrected chi connectivity index (χ3v) is 4.11. The van der Waals surface area contributed by atoms with Crippen molar-refractivity contribution in [1.29, 1.82) is 0 Å². The summed E-state index contributed by atoms with van der Waals surface area (Å²) < 4.78 is 2.67. The summed E-state index contributed by atoms with van der Waals surface area (Å²) in [4.78, 5) is 4.11. The first-order valence-electron chi connectivity index (χ1n) is 4.54. The molecule has 0 saturated heterocycles. The van der Waals surface area contributed by atoms with E-state index >= 15 is 0 Å². The number of imidazole rings is 1. The number of thioether (sulfide) groups is 1. The number of hydrogen-bond acceptors (Lipinski definition) is 3. The van der Waals surface area contributed by atoms with E-state index in [4.69, 9.17) is 5.73 Å². The fourth-order valence-corrected chi connectivity index (χ4v) is 2.32. The second-order valence-electron chi connectivity index (χ2n) is 3.60. The van der Waals surface area contributed by atoms with Crippen molar-refractivity contribution in [1.82, 2.24) is 9.55 Å². The monoisotopic (exact) mass is 197 g/mol. The predicted octanol–water partition coefficient (Wildman–Crippen LogP) is 1.24. The first-order chi connectivity index (χ1) is 6.29. The van der Waals surface area contributed by atoms with Crippen molar-refractivity contribution in [3.63, 3.8) is 0 Å². The SMILES string of the molecule is CSC1(Cn2cncc2CN)CC1. The van der Waals surface area contributed by atoms with E-state index in [9.17, 15) is 0 Å². The minimum absolute atomic E-state index is 0.491. The molecule has 1 aliphatic carbocycles. The zero-order chi connectivity index (χ0) is 9.31. The maximum Gasteiger partial charge on any atom is 0.0949 e. The highest BCUT2D eigenvalue weighted by atomic mass is 32.2. The molecule has 2 rings (SSSR count). The summed E-state index contributed by atoms with van der Waals surface area (Å²) in [5.41, 5.74) is 6.75. The lowest BCUT2D eigenvalue weighted by atomic mass is 10.4. The average Bonchev–Trinajstić information content (AvgIpc) is 2.78. The predicted molar refractivity (Wildman–Crippen MR) is 55.6 cm³/mol. The Morgan fingerprint density at radius 3 is 3.00 bits per heavy atom. The number of rotatable bonds is 4. The molecule has 1 heterocycles. The summed E-state index contributed by atoms with van der Waals surface area (Å²) in [6.45, 7) is 1.66. The van der Waals surface area contributed by atoms with Gasteiger partial charge in [-0.25, -0.2) is 4.98 Å². The van der Waals surface area contributed by atoms with E-state index in [1.54, 1.807) is 0 Å². The molecule has 0 spiro atoms. The van der Waals surface area contributed by atoms with Gasteiger partial charge in [-0.3, -0.25) is 0 Å². The summed E-state index contributed by atoms with van der Waals surface area (Å²) in [6.07, 6.45) is 8.59. The van der Waals surface area contributed by atoms with Crippen molar-refractivity contribution in [2.75, 3.05) is 6.26 Å². The van der Waals surface area contributed by atoms with Gasteiger partial charge >= 0.3 is 0 Å². The first kappa shape index (κ1) is 9.09. The van der Waals surface area contributed by atoms with E-state index in [0.29, 0.717) is 11.3 Å². The number of hydrogen-bond donors (Lipinski definition) is 1. The molecule has 0 amide bonds. The third-order valence-electron chi connectivity index (χ3n) is 2.71. The maximum atomic E-state index is 5.61. The topological polar surface area (TPSA) is 43.8 Å². The normalized spacial score (nSPS) is 18.9. The Bertz CT molecular complexity index is 291. The van der Waals surface area contributed by atoms with Gasteiger partial charge in [0.1, 0.15) is 0 Å². The van der Waals surface area contributed by atoms with Gasteiger partial charge in [-0.05, 0) is 19.1 Å². The Balaban J connectivity index is 2.09. The second kappa shape index (κ2) is 3.35. The van der Waals surface area contributed by atoms with Gasteiger partial charge in [0, 0.05) is 24.0 Å². The second-order valence-corrected chi connectivity index (χ2v) is 4.88. The summed E-state index contributed by atoms with van der Waals surface area (Å²) in [5, 5.41) is 0. The van der Waals surface area contributed by atoms with Crippen LogP contribution in [0.4, 0.5) is 0 Å².